The average Bonchev–Trinajstić information content (AvgIpc) is 2.80. The summed E-state index contributed by atoms with van der Waals surface area (Å²) >= 11 is 6.11. The minimum atomic E-state index is -0.382. The van der Waals surface area contributed by atoms with Crippen molar-refractivity contribution in [1.82, 2.24) is 15.0 Å². The van der Waals surface area contributed by atoms with E-state index in [4.69, 9.17) is 11.6 Å². The monoisotopic (exact) mass is 411 g/mol. The second-order valence-electron chi connectivity index (χ2n) is 6.85. The van der Waals surface area contributed by atoms with Crippen molar-refractivity contribution in [3.63, 3.8) is 0 Å². The summed E-state index contributed by atoms with van der Waals surface area (Å²) in [5.41, 5.74) is 5.11. The summed E-state index contributed by atoms with van der Waals surface area (Å²) in [5.74, 6) is -0.382. The van der Waals surface area contributed by atoms with Crippen molar-refractivity contribution in [3.8, 4) is 33.6 Å². The number of nitrogens with zero attached hydrogens (tertiary/aromatic N) is 3. The molecular formula is C25H15ClFN3. The average molecular weight is 412 g/mol. The van der Waals surface area contributed by atoms with E-state index >= 15 is 0 Å². The zero-order valence-corrected chi connectivity index (χ0v) is 16.5. The highest BCUT2D eigenvalue weighted by molar-refractivity contribution is 6.30. The third-order valence-electron chi connectivity index (χ3n) is 4.93. The van der Waals surface area contributed by atoms with Gasteiger partial charge in [-0.05, 0) is 59.7 Å². The predicted molar refractivity (Wildman–Crippen MR) is 119 cm³/mol. The van der Waals surface area contributed by atoms with E-state index in [1.54, 1.807) is 18.5 Å². The van der Waals surface area contributed by atoms with Crippen molar-refractivity contribution in [2.45, 2.75) is 0 Å². The molecule has 30 heavy (non-hydrogen) atoms. The predicted octanol–water partition coefficient (Wildman–Crippen LogP) is 6.82. The smallest absolute Gasteiger partial charge is 0.160 e. The third-order valence-corrected chi connectivity index (χ3v) is 5.16. The molecule has 0 atom stereocenters. The van der Waals surface area contributed by atoms with Crippen molar-refractivity contribution in [3.05, 3.63) is 102 Å². The van der Waals surface area contributed by atoms with Crippen LogP contribution in [0, 0.1) is 5.82 Å². The molecule has 5 heteroatoms. The minimum Gasteiger partial charge on any atom is -0.256 e. The highest BCUT2D eigenvalue weighted by atomic mass is 35.5. The molecule has 2 aromatic carbocycles. The molecule has 0 bridgehead atoms. The molecular weight excluding hydrogens is 397 g/mol. The largest absolute Gasteiger partial charge is 0.256 e. The number of aromatic nitrogens is 3. The molecule has 0 aliphatic carbocycles. The van der Waals surface area contributed by atoms with Crippen molar-refractivity contribution >= 4 is 22.6 Å². The molecule has 3 nitrogen and oxygen atoms in total. The summed E-state index contributed by atoms with van der Waals surface area (Å²) in [7, 11) is 0. The zero-order valence-electron chi connectivity index (χ0n) is 15.8. The van der Waals surface area contributed by atoms with Crippen molar-refractivity contribution in [2.75, 3.05) is 0 Å². The molecule has 0 amide bonds. The second-order valence-corrected chi connectivity index (χ2v) is 7.29. The summed E-state index contributed by atoms with van der Waals surface area (Å²) < 4.78 is 14.5. The lowest BCUT2D eigenvalue weighted by Crippen LogP contribution is -1.94. The maximum Gasteiger partial charge on any atom is 0.160 e. The topological polar surface area (TPSA) is 38.7 Å². The van der Waals surface area contributed by atoms with Crippen molar-refractivity contribution < 1.29 is 4.39 Å². The maximum atomic E-state index is 14.5. The SMILES string of the molecule is Fc1ccc(Cl)cc1-c1cc(-c2ccnc(-c3ccccc3)c2)c2cccnc2n1. The van der Waals surface area contributed by atoms with E-state index in [0.717, 1.165) is 27.8 Å². The fourth-order valence-electron chi connectivity index (χ4n) is 3.49. The Balaban J connectivity index is 1.74. The lowest BCUT2D eigenvalue weighted by atomic mass is 9.98. The molecule has 3 aromatic heterocycles. The molecule has 144 valence electrons. The van der Waals surface area contributed by atoms with Gasteiger partial charge in [0, 0.05) is 33.9 Å². The van der Waals surface area contributed by atoms with E-state index in [0.29, 0.717) is 21.9 Å². The standard InChI is InChI=1S/C25H15ClFN3/c26-18-8-9-22(27)21(14-18)24-15-20(19-7-4-11-29-25(19)30-24)17-10-12-28-23(13-17)16-5-2-1-3-6-16/h1-15H. The van der Waals surface area contributed by atoms with Crippen LogP contribution in [0.2, 0.25) is 5.02 Å². The number of rotatable bonds is 3. The zero-order chi connectivity index (χ0) is 20.5. The summed E-state index contributed by atoms with van der Waals surface area (Å²) in [6.07, 6.45) is 3.46. The molecule has 3 heterocycles. The first kappa shape index (κ1) is 18.4. The van der Waals surface area contributed by atoms with Crippen LogP contribution in [0.25, 0.3) is 44.7 Å². The van der Waals surface area contributed by atoms with Gasteiger partial charge >= 0.3 is 0 Å². The molecule has 0 saturated carbocycles. The molecule has 0 N–H and O–H groups in total. The Labute approximate surface area is 177 Å². The van der Waals surface area contributed by atoms with Crippen LogP contribution in [-0.4, -0.2) is 15.0 Å². The molecule has 0 aliphatic rings. The molecule has 0 aliphatic heterocycles. The van der Waals surface area contributed by atoms with Crippen molar-refractivity contribution in [1.29, 1.82) is 0 Å². The van der Waals surface area contributed by atoms with Gasteiger partial charge in [0.05, 0.1) is 11.4 Å². The fraction of sp³-hybridized carbons (Fsp3) is 0. The van der Waals surface area contributed by atoms with E-state index < -0.39 is 0 Å². The van der Waals surface area contributed by atoms with Gasteiger partial charge < -0.3 is 0 Å². The lowest BCUT2D eigenvalue weighted by molar-refractivity contribution is 0.631. The van der Waals surface area contributed by atoms with E-state index in [-0.39, 0.29) is 5.82 Å². The highest BCUT2D eigenvalue weighted by Crippen LogP contribution is 2.34. The maximum absolute atomic E-state index is 14.5. The number of pyridine rings is 3. The van der Waals surface area contributed by atoms with Gasteiger partial charge in [-0.3, -0.25) is 4.98 Å². The molecule has 0 radical (unpaired) electrons. The number of benzene rings is 2. The van der Waals surface area contributed by atoms with Gasteiger partial charge in [-0.15, -0.1) is 0 Å². The minimum absolute atomic E-state index is 0.341. The van der Waals surface area contributed by atoms with E-state index in [2.05, 4.69) is 15.0 Å². The van der Waals surface area contributed by atoms with E-state index in [1.807, 2.05) is 60.7 Å². The van der Waals surface area contributed by atoms with Gasteiger partial charge in [0.25, 0.3) is 0 Å². The highest BCUT2D eigenvalue weighted by Gasteiger charge is 2.14. The van der Waals surface area contributed by atoms with Gasteiger partial charge in [0.15, 0.2) is 5.65 Å². The van der Waals surface area contributed by atoms with Crippen LogP contribution in [-0.2, 0) is 0 Å². The van der Waals surface area contributed by atoms with Crippen LogP contribution in [0.1, 0.15) is 0 Å². The van der Waals surface area contributed by atoms with Crippen LogP contribution < -0.4 is 0 Å². The van der Waals surface area contributed by atoms with Gasteiger partial charge in [-0.25, -0.2) is 14.4 Å². The molecule has 0 spiro atoms. The summed E-state index contributed by atoms with van der Waals surface area (Å²) in [4.78, 5) is 13.5. The van der Waals surface area contributed by atoms with Gasteiger partial charge in [0.1, 0.15) is 5.82 Å². The van der Waals surface area contributed by atoms with Gasteiger partial charge in [0.2, 0.25) is 0 Å². The Morgan fingerprint density at radius 2 is 1.53 bits per heavy atom. The lowest BCUT2D eigenvalue weighted by Gasteiger charge is -2.11. The van der Waals surface area contributed by atoms with Crippen LogP contribution >= 0.6 is 11.6 Å². The number of hydrogen-bond acceptors (Lipinski definition) is 3. The third kappa shape index (κ3) is 3.42. The Morgan fingerprint density at radius 1 is 0.667 bits per heavy atom. The van der Waals surface area contributed by atoms with Crippen LogP contribution in [0.15, 0.2) is 91.3 Å². The number of halogens is 2. The number of fused-ring (bicyclic) bond motifs is 1. The van der Waals surface area contributed by atoms with E-state index in [1.165, 1.54) is 12.1 Å². The Hall–Kier alpha value is -3.63. The Morgan fingerprint density at radius 3 is 2.40 bits per heavy atom. The first-order valence-corrected chi connectivity index (χ1v) is 9.80. The first-order chi connectivity index (χ1) is 14.7. The summed E-state index contributed by atoms with van der Waals surface area (Å²) in [5, 5.41) is 1.33. The molecule has 5 rings (SSSR count). The quantitative estimate of drug-likeness (QED) is 0.327. The normalized spacial score (nSPS) is 11.0. The summed E-state index contributed by atoms with van der Waals surface area (Å²) in [6, 6.07) is 24.1. The molecule has 0 fully saturated rings. The molecule has 0 unspecified atom stereocenters. The molecule has 0 saturated heterocycles. The molecule has 5 aromatic rings. The Kier molecular flexibility index (Phi) is 4.69. The second kappa shape index (κ2) is 7.65. The van der Waals surface area contributed by atoms with Crippen molar-refractivity contribution in [2.24, 2.45) is 0 Å². The number of hydrogen-bond donors (Lipinski definition) is 0. The first-order valence-electron chi connectivity index (χ1n) is 9.42. The van der Waals surface area contributed by atoms with E-state index in [9.17, 15) is 4.39 Å². The van der Waals surface area contributed by atoms with Crippen LogP contribution in [0.4, 0.5) is 4.39 Å². The van der Waals surface area contributed by atoms with Crippen LogP contribution in [0.3, 0.4) is 0 Å². The summed E-state index contributed by atoms with van der Waals surface area (Å²) in [6.45, 7) is 0. The van der Waals surface area contributed by atoms with Crippen LogP contribution in [0.5, 0.6) is 0 Å². The Bertz CT molecular complexity index is 1370. The fourth-order valence-corrected chi connectivity index (χ4v) is 3.66. The van der Waals surface area contributed by atoms with Gasteiger partial charge in [-0.2, -0.15) is 0 Å². The van der Waals surface area contributed by atoms with Gasteiger partial charge in [-0.1, -0.05) is 41.9 Å².